The number of H-pyrrole nitrogens is 1. The van der Waals surface area contributed by atoms with Crippen molar-refractivity contribution in [1.29, 1.82) is 0 Å². The summed E-state index contributed by atoms with van der Waals surface area (Å²) in [4.78, 5) is 41.5. The number of halogens is 1. The van der Waals surface area contributed by atoms with Crippen molar-refractivity contribution in [2.75, 3.05) is 0 Å². The molecule has 2 aromatic rings. The number of amides is 1. The molecule has 4 aliphatic carbocycles. The summed E-state index contributed by atoms with van der Waals surface area (Å²) in [5.41, 5.74) is 0.0949. The lowest BCUT2D eigenvalue weighted by Gasteiger charge is -2.57. The average molecular weight is 486 g/mol. The van der Waals surface area contributed by atoms with Crippen LogP contribution in [-0.4, -0.2) is 26.8 Å². The SMILES string of the molecule is CC(=O)N=Cc1c(O)n(-c2ccc(C34CC5CC(CC(C5)C3)C4)cc2Br)c(=O)[nH]c1=O. The van der Waals surface area contributed by atoms with E-state index in [0.717, 1.165) is 28.5 Å². The van der Waals surface area contributed by atoms with E-state index in [1.165, 1.54) is 51.0 Å². The van der Waals surface area contributed by atoms with Crippen LogP contribution in [0.3, 0.4) is 0 Å². The Balaban J connectivity index is 1.57. The van der Waals surface area contributed by atoms with Crippen molar-refractivity contribution in [1.82, 2.24) is 9.55 Å². The van der Waals surface area contributed by atoms with Crippen molar-refractivity contribution in [3.8, 4) is 11.6 Å². The number of rotatable bonds is 3. The first-order chi connectivity index (χ1) is 14.8. The normalized spacial score (nSPS) is 29.0. The molecule has 0 saturated heterocycles. The van der Waals surface area contributed by atoms with E-state index in [1.807, 2.05) is 12.1 Å². The fourth-order valence-electron chi connectivity index (χ4n) is 6.52. The summed E-state index contributed by atoms with van der Waals surface area (Å²) in [6.07, 6.45) is 8.74. The molecule has 0 aliphatic heterocycles. The lowest BCUT2D eigenvalue weighted by Crippen LogP contribution is -2.48. The first-order valence-electron chi connectivity index (χ1n) is 10.7. The summed E-state index contributed by atoms with van der Waals surface area (Å²) in [7, 11) is 0. The molecule has 0 spiro atoms. The van der Waals surface area contributed by atoms with Crippen molar-refractivity contribution >= 4 is 28.1 Å². The first-order valence-corrected chi connectivity index (χ1v) is 11.5. The zero-order chi connectivity index (χ0) is 21.9. The minimum Gasteiger partial charge on any atom is -0.493 e. The van der Waals surface area contributed by atoms with Gasteiger partial charge in [-0.05, 0) is 95.3 Å². The molecular formula is C23H24BrN3O4. The fraction of sp³-hybridized carbons (Fsp3) is 0.478. The number of carbonyl (C=O) groups is 1. The van der Waals surface area contributed by atoms with E-state index >= 15 is 0 Å². The number of nitrogens with one attached hydrogen (secondary N) is 1. The molecule has 7 nitrogen and oxygen atoms in total. The highest BCUT2D eigenvalue weighted by Crippen LogP contribution is 2.60. The van der Waals surface area contributed by atoms with Crippen molar-refractivity contribution in [2.24, 2.45) is 22.7 Å². The average Bonchev–Trinajstić information content (AvgIpc) is 2.67. The van der Waals surface area contributed by atoms with Gasteiger partial charge >= 0.3 is 5.69 Å². The Morgan fingerprint density at radius 1 is 1.19 bits per heavy atom. The lowest BCUT2D eigenvalue weighted by atomic mass is 9.48. The van der Waals surface area contributed by atoms with Crippen LogP contribution in [0.2, 0.25) is 0 Å². The first kappa shape index (κ1) is 20.4. The highest BCUT2D eigenvalue weighted by atomic mass is 79.9. The van der Waals surface area contributed by atoms with Gasteiger partial charge in [0.15, 0.2) is 0 Å². The van der Waals surface area contributed by atoms with Gasteiger partial charge in [-0.15, -0.1) is 0 Å². The molecular weight excluding hydrogens is 462 g/mol. The Kier molecular flexibility index (Phi) is 4.80. The maximum absolute atomic E-state index is 12.5. The second-order valence-electron chi connectivity index (χ2n) is 9.47. The summed E-state index contributed by atoms with van der Waals surface area (Å²) in [6, 6.07) is 5.92. The highest BCUT2D eigenvalue weighted by molar-refractivity contribution is 9.10. The van der Waals surface area contributed by atoms with Gasteiger partial charge in [-0.3, -0.25) is 14.6 Å². The van der Waals surface area contributed by atoms with Crippen LogP contribution in [-0.2, 0) is 10.2 Å². The van der Waals surface area contributed by atoms with E-state index in [-0.39, 0.29) is 11.0 Å². The van der Waals surface area contributed by atoms with E-state index in [1.54, 1.807) is 0 Å². The molecule has 1 aromatic carbocycles. The predicted octanol–water partition coefficient (Wildman–Crippen LogP) is 3.43. The largest absolute Gasteiger partial charge is 0.493 e. The van der Waals surface area contributed by atoms with Gasteiger partial charge in [-0.2, -0.15) is 0 Å². The number of hydrogen-bond acceptors (Lipinski definition) is 4. The van der Waals surface area contributed by atoms with E-state index in [9.17, 15) is 19.5 Å². The molecule has 0 radical (unpaired) electrons. The molecule has 0 atom stereocenters. The number of aromatic hydroxyl groups is 1. The van der Waals surface area contributed by atoms with Gasteiger partial charge in [0.2, 0.25) is 11.8 Å². The molecule has 6 rings (SSSR count). The van der Waals surface area contributed by atoms with Gasteiger partial charge in [0.25, 0.3) is 5.56 Å². The van der Waals surface area contributed by atoms with E-state index in [4.69, 9.17) is 0 Å². The van der Waals surface area contributed by atoms with Crippen LogP contribution in [0.4, 0.5) is 0 Å². The minimum absolute atomic E-state index is 0.202. The van der Waals surface area contributed by atoms with Crippen LogP contribution in [0.1, 0.15) is 56.6 Å². The van der Waals surface area contributed by atoms with Crippen LogP contribution in [0.15, 0.2) is 37.3 Å². The maximum Gasteiger partial charge on any atom is 0.335 e. The molecule has 4 aliphatic rings. The third kappa shape index (κ3) is 3.41. The summed E-state index contributed by atoms with van der Waals surface area (Å²) in [5.74, 6) is 1.38. The molecule has 1 heterocycles. The molecule has 31 heavy (non-hydrogen) atoms. The molecule has 4 bridgehead atoms. The van der Waals surface area contributed by atoms with E-state index in [2.05, 4.69) is 32.0 Å². The molecule has 4 saturated carbocycles. The Morgan fingerprint density at radius 2 is 1.81 bits per heavy atom. The lowest BCUT2D eigenvalue weighted by molar-refractivity contribution is -0.115. The second kappa shape index (κ2) is 7.29. The third-order valence-electron chi connectivity index (χ3n) is 7.34. The van der Waals surface area contributed by atoms with Crippen molar-refractivity contribution < 1.29 is 9.90 Å². The van der Waals surface area contributed by atoms with Crippen LogP contribution >= 0.6 is 15.9 Å². The summed E-state index contributed by atoms with van der Waals surface area (Å²) < 4.78 is 1.69. The Morgan fingerprint density at radius 3 is 2.35 bits per heavy atom. The Hall–Kier alpha value is -2.48. The minimum atomic E-state index is -0.801. The van der Waals surface area contributed by atoms with Gasteiger partial charge < -0.3 is 5.11 Å². The van der Waals surface area contributed by atoms with Crippen LogP contribution in [0, 0.1) is 17.8 Å². The number of aromatic amines is 1. The molecule has 1 aromatic heterocycles. The number of hydrogen-bond donors (Lipinski definition) is 2. The van der Waals surface area contributed by atoms with Crippen LogP contribution in [0.25, 0.3) is 5.69 Å². The van der Waals surface area contributed by atoms with Crippen LogP contribution in [0.5, 0.6) is 5.88 Å². The number of aromatic nitrogens is 2. The second-order valence-corrected chi connectivity index (χ2v) is 10.3. The predicted molar refractivity (Wildman–Crippen MR) is 120 cm³/mol. The number of benzene rings is 1. The van der Waals surface area contributed by atoms with Crippen molar-refractivity contribution in [2.45, 2.75) is 50.9 Å². The van der Waals surface area contributed by atoms with Crippen LogP contribution < -0.4 is 11.2 Å². The molecule has 1 amide bonds. The summed E-state index contributed by atoms with van der Waals surface area (Å²) in [5, 5.41) is 10.7. The van der Waals surface area contributed by atoms with Gasteiger partial charge in [0.05, 0.1) is 5.69 Å². The standard InChI is InChI=1S/C23H24BrN3O4/c1-12(28)25-11-17-20(29)26-22(31)27(21(17)30)19-3-2-16(7-18(19)24)23-8-13-4-14(9-23)6-15(5-13)10-23/h2-3,7,11,13-15,30H,4-6,8-10H2,1H3,(H,26,29,31). The number of nitrogens with zero attached hydrogens (tertiary/aromatic N) is 2. The van der Waals surface area contributed by atoms with E-state index < -0.39 is 23.0 Å². The van der Waals surface area contributed by atoms with Crippen molar-refractivity contribution in [3.05, 3.63) is 54.6 Å². The van der Waals surface area contributed by atoms with Gasteiger partial charge in [0, 0.05) is 17.6 Å². The quantitative estimate of drug-likeness (QED) is 0.649. The molecule has 4 fully saturated rings. The zero-order valence-electron chi connectivity index (χ0n) is 17.2. The molecule has 2 N–H and O–H groups in total. The van der Waals surface area contributed by atoms with Gasteiger partial charge in [-0.1, -0.05) is 6.07 Å². The summed E-state index contributed by atoms with van der Waals surface area (Å²) in [6.45, 7) is 1.23. The fourth-order valence-corrected chi connectivity index (χ4v) is 7.07. The number of aliphatic imine (C=N–C) groups is 1. The van der Waals surface area contributed by atoms with Gasteiger partial charge in [-0.25, -0.2) is 14.4 Å². The monoisotopic (exact) mass is 485 g/mol. The van der Waals surface area contributed by atoms with Gasteiger partial charge in [0.1, 0.15) is 5.56 Å². The molecule has 162 valence electrons. The Bertz CT molecular complexity index is 1190. The Labute approximate surface area is 187 Å². The smallest absolute Gasteiger partial charge is 0.335 e. The molecule has 0 unspecified atom stereocenters. The number of carbonyl (C=O) groups excluding carboxylic acids is 1. The van der Waals surface area contributed by atoms with Crippen molar-refractivity contribution in [3.63, 3.8) is 0 Å². The molecule has 8 heteroatoms. The van der Waals surface area contributed by atoms with E-state index in [0.29, 0.717) is 10.2 Å². The topological polar surface area (TPSA) is 105 Å². The zero-order valence-corrected chi connectivity index (χ0v) is 18.8. The third-order valence-corrected chi connectivity index (χ3v) is 7.97. The summed E-state index contributed by atoms with van der Waals surface area (Å²) >= 11 is 3.59. The highest BCUT2D eigenvalue weighted by Gasteiger charge is 2.51. The maximum atomic E-state index is 12.5.